The van der Waals surface area contributed by atoms with Gasteiger partial charge in [-0.15, -0.1) is 11.8 Å². The molecule has 0 aliphatic heterocycles. The maximum atomic E-state index is 12.1. The minimum absolute atomic E-state index is 0.0205. The summed E-state index contributed by atoms with van der Waals surface area (Å²) >= 11 is 1.68. The second-order valence-corrected chi connectivity index (χ2v) is 7.17. The van der Waals surface area contributed by atoms with Gasteiger partial charge in [0, 0.05) is 18.0 Å². The summed E-state index contributed by atoms with van der Waals surface area (Å²) in [7, 11) is 0. The molecule has 1 N–H and O–H groups in total. The smallest absolute Gasteiger partial charge is 0.250 e. The maximum absolute atomic E-state index is 12.1. The Labute approximate surface area is 147 Å². The molecule has 5 heteroatoms. The number of amides is 1. The first-order chi connectivity index (χ1) is 11.6. The minimum atomic E-state index is -0.0564. The van der Waals surface area contributed by atoms with Crippen LogP contribution in [0.25, 0.3) is 0 Å². The summed E-state index contributed by atoms with van der Waals surface area (Å²) in [5.74, 6) is 1.04. The lowest BCUT2D eigenvalue weighted by Crippen LogP contribution is -2.22. The predicted octanol–water partition coefficient (Wildman–Crippen LogP) is 3.76. The zero-order chi connectivity index (χ0) is 17.4. The summed E-state index contributed by atoms with van der Waals surface area (Å²) in [6.07, 6.45) is 4.05. The quantitative estimate of drug-likeness (QED) is 0.742. The van der Waals surface area contributed by atoms with E-state index in [1.807, 2.05) is 37.3 Å². The van der Waals surface area contributed by atoms with Crippen LogP contribution in [0.4, 0.5) is 5.69 Å². The first-order valence-electron chi connectivity index (χ1n) is 8.27. The summed E-state index contributed by atoms with van der Waals surface area (Å²) in [6, 6.07) is 12.8. The normalized spacial score (nSPS) is 11.9. The molecule has 2 rings (SSSR count). The fourth-order valence-electron chi connectivity index (χ4n) is 2.21. The molecule has 0 bridgehead atoms. The number of aromatic nitrogens is 1. The summed E-state index contributed by atoms with van der Waals surface area (Å²) < 4.78 is 1.65. The molecule has 1 heterocycles. The fraction of sp³-hybridized carbons (Fsp3) is 0.368. The Morgan fingerprint density at radius 3 is 2.62 bits per heavy atom. The largest absolute Gasteiger partial charge is 0.325 e. The third-order valence-corrected chi connectivity index (χ3v) is 4.95. The van der Waals surface area contributed by atoms with Gasteiger partial charge in [-0.05, 0) is 42.9 Å². The average Bonchev–Trinajstić information content (AvgIpc) is 2.58. The number of nitrogens with one attached hydrogen (secondary N) is 1. The van der Waals surface area contributed by atoms with Crippen molar-refractivity contribution in [1.82, 2.24) is 4.57 Å². The number of rotatable bonds is 8. The van der Waals surface area contributed by atoms with E-state index in [2.05, 4.69) is 12.2 Å². The Kier molecular flexibility index (Phi) is 7.12. The van der Waals surface area contributed by atoms with Crippen molar-refractivity contribution >= 4 is 23.4 Å². The van der Waals surface area contributed by atoms with E-state index in [4.69, 9.17) is 0 Å². The molecule has 1 amide bonds. The van der Waals surface area contributed by atoms with Crippen LogP contribution in [0.5, 0.6) is 0 Å². The maximum Gasteiger partial charge on any atom is 0.250 e. The van der Waals surface area contributed by atoms with Crippen LogP contribution in [-0.2, 0) is 11.3 Å². The van der Waals surface area contributed by atoms with Gasteiger partial charge >= 0.3 is 0 Å². The lowest BCUT2D eigenvalue weighted by molar-refractivity contribution is -0.115. The van der Waals surface area contributed by atoms with Crippen LogP contribution in [0.2, 0.25) is 0 Å². The number of benzene rings is 1. The van der Waals surface area contributed by atoms with Crippen LogP contribution in [0, 0.1) is 0 Å². The molecule has 0 aliphatic rings. The van der Waals surface area contributed by atoms with Gasteiger partial charge in [-0.25, -0.2) is 0 Å². The summed E-state index contributed by atoms with van der Waals surface area (Å²) in [4.78, 5) is 23.9. The number of unbranched alkanes of at least 4 members (excludes halogenated alkanes) is 1. The van der Waals surface area contributed by atoms with Crippen molar-refractivity contribution in [1.29, 1.82) is 0 Å². The number of hydrogen-bond acceptors (Lipinski definition) is 3. The Morgan fingerprint density at radius 2 is 1.96 bits per heavy atom. The van der Waals surface area contributed by atoms with Crippen LogP contribution < -0.4 is 10.9 Å². The van der Waals surface area contributed by atoms with Crippen molar-refractivity contribution in [3.05, 3.63) is 64.6 Å². The van der Waals surface area contributed by atoms with E-state index in [9.17, 15) is 9.59 Å². The van der Waals surface area contributed by atoms with E-state index >= 15 is 0 Å². The highest BCUT2D eigenvalue weighted by molar-refractivity contribution is 8.00. The molecular weight excluding hydrogens is 320 g/mol. The van der Waals surface area contributed by atoms with Crippen molar-refractivity contribution < 1.29 is 4.79 Å². The average molecular weight is 344 g/mol. The van der Waals surface area contributed by atoms with Crippen molar-refractivity contribution in [3.63, 3.8) is 0 Å². The van der Waals surface area contributed by atoms with E-state index < -0.39 is 0 Å². The van der Waals surface area contributed by atoms with E-state index in [1.54, 1.807) is 34.7 Å². The highest BCUT2D eigenvalue weighted by Gasteiger charge is 2.13. The van der Waals surface area contributed by atoms with E-state index in [1.165, 1.54) is 0 Å². The number of nitrogens with zero attached hydrogens (tertiary/aromatic N) is 1. The Bertz CT molecular complexity index is 710. The lowest BCUT2D eigenvalue weighted by Gasteiger charge is -2.12. The molecule has 0 unspecified atom stereocenters. The van der Waals surface area contributed by atoms with E-state index in [-0.39, 0.29) is 16.7 Å². The summed E-state index contributed by atoms with van der Waals surface area (Å²) in [5, 5.41) is 2.89. The first-order valence-corrected chi connectivity index (χ1v) is 9.32. The van der Waals surface area contributed by atoms with Gasteiger partial charge in [0.2, 0.25) is 5.91 Å². The van der Waals surface area contributed by atoms with E-state index in [0.29, 0.717) is 6.54 Å². The molecule has 2 aromatic rings. The Hall–Kier alpha value is -2.01. The molecule has 0 aliphatic carbocycles. The highest BCUT2D eigenvalue weighted by Crippen LogP contribution is 2.16. The van der Waals surface area contributed by atoms with Crippen molar-refractivity contribution in [2.75, 3.05) is 11.1 Å². The van der Waals surface area contributed by atoms with Crippen molar-refractivity contribution in [2.24, 2.45) is 0 Å². The number of pyridine rings is 1. The van der Waals surface area contributed by atoms with Gasteiger partial charge in [0.1, 0.15) is 0 Å². The van der Waals surface area contributed by atoms with Gasteiger partial charge in [0.05, 0.1) is 11.8 Å². The molecule has 24 heavy (non-hydrogen) atoms. The molecule has 4 nitrogen and oxygen atoms in total. The Morgan fingerprint density at radius 1 is 1.21 bits per heavy atom. The highest BCUT2D eigenvalue weighted by atomic mass is 32.2. The zero-order valence-corrected chi connectivity index (χ0v) is 15.0. The van der Waals surface area contributed by atoms with E-state index in [0.717, 1.165) is 29.8 Å². The fourth-order valence-corrected chi connectivity index (χ4v) is 3.22. The third kappa shape index (κ3) is 5.57. The molecule has 0 spiro atoms. The standard InChI is InChI=1S/C19H24N2O2S/c1-3-4-13-24-15(2)19(23)20-17-10-8-16(9-11-17)14-21-12-6-5-7-18(21)22/h5-12,15H,3-4,13-14H2,1-2H3,(H,20,23)/t15-/m0/s1. The Balaban J connectivity index is 1.91. The number of thioether (sulfide) groups is 1. The molecule has 1 atom stereocenters. The molecule has 1 aromatic heterocycles. The van der Waals surface area contributed by atoms with Gasteiger partial charge in [-0.3, -0.25) is 9.59 Å². The van der Waals surface area contributed by atoms with Crippen LogP contribution in [0.15, 0.2) is 53.5 Å². The van der Waals surface area contributed by atoms with Gasteiger partial charge in [0.15, 0.2) is 0 Å². The van der Waals surface area contributed by atoms with Gasteiger partial charge in [-0.1, -0.05) is 31.5 Å². The molecular formula is C19H24N2O2S. The molecule has 0 radical (unpaired) electrons. The molecule has 128 valence electrons. The SMILES string of the molecule is CCCCS[C@@H](C)C(=O)Nc1ccc(Cn2ccccc2=O)cc1. The molecule has 0 saturated heterocycles. The van der Waals surface area contributed by atoms with Crippen molar-refractivity contribution in [2.45, 2.75) is 38.5 Å². The van der Waals surface area contributed by atoms with Crippen LogP contribution in [0.1, 0.15) is 32.3 Å². The van der Waals surface area contributed by atoms with Crippen molar-refractivity contribution in [3.8, 4) is 0 Å². The number of hydrogen-bond donors (Lipinski definition) is 1. The lowest BCUT2D eigenvalue weighted by atomic mass is 10.2. The minimum Gasteiger partial charge on any atom is -0.325 e. The summed E-state index contributed by atoms with van der Waals surface area (Å²) in [6.45, 7) is 4.61. The molecule has 1 aromatic carbocycles. The third-order valence-electron chi connectivity index (χ3n) is 3.71. The number of carbonyl (C=O) groups excluding carboxylic acids is 1. The van der Waals surface area contributed by atoms with Crippen LogP contribution >= 0.6 is 11.8 Å². The monoisotopic (exact) mass is 344 g/mol. The van der Waals surface area contributed by atoms with Crippen LogP contribution in [0.3, 0.4) is 0 Å². The zero-order valence-electron chi connectivity index (χ0n) is 14.2. The first kappa shape index (κ1) is 18.3. The molecule has 0 saturated carbocycles. The predicted molar refractivity (Wildman–Crippen MR) is 102 cm³/mol. The second kappa shape index (κ2) is 9.33. The summed E-state index contributed by atoms with van der Waals surface area (Å²) in [5.41, 5.74) is 1.78. The number of carbonyl (C=O) groups is 1. The van der Waals surface area contributed by atoms with Gasteiger partial charge < -0.3 is 9.88 Å². The van der Waals surface area contributed by atoms with Crippen LogP contribution in [-0.4, -0.2) is 21.5 Å². The van der Waals surface area contributed by atoms with Gasteiger partial charge in [-0.2, -0.15) is 0 Å². The van der Waals surface area contributed by atoms with Gasteiger partial charge in [0.25, 0.3) is 5.56 Å². The number of anilines is 1. The topological polar surface area (TPSA) is 51.1 Å². The second-order valence-electron chi connectivity index (χ2n) is 5.72. The molecule has 0 fully saturated rings.